The lowest BCUT2D eigenvalue weighted by Gasteiger charge is -2.30. The van der Waals surface area contributed by atoms with Crippen molar-refractivity contribution in [3.05, 3.63) is 35.9 Å². The average Bonchev–Trinajstić information content (AvgIpc) is 3.23. The fourth-order valence-electron chi connectivity index (χ4n) is 3.50. The number of carbonyl (C=O) groups excluding carboxylic acids is 1. The second kappa shape index (κ2) is 6.18. The molecule has 1 saturated heterocycles. The molecule has 0 radical (unpaired) electrons. The summed E-state index contributed by atoms with van der Waals surface area (Å²) >= 11 is 0. The Balaban J connectivity index is 1.78. The largest absolute Gasteiger partial charge is 0.323 e. The van der Waals surface area contributed by atoms with E-state index in [0.717, 1.165) is 30.7 Å². The van der Waals surface area contributed by atoms with Gasteiger partial charge in [-0.25, -0.2) is 0 Å². The van der Waals surface area contributed by atoms with Crippen molar-refractivity contribution < 1.29 is 4.79 Å². The SMILES string of the molecule is CCCC1NC(c2ccccc2)C(=O)N1C(C)CC1CC1. The van der Waals surface area contributed by atoms with Gasteiger partial charge in [-0.15, -0.1) is 0 Å². The first kappa shape index (κ1) is 14.6. The van der Waals surface area contributed by atoms with Gasteiger partial charge in [-0.1, -0.05) is 56.5 Å². The van der Waals surface area contributed by atoms with Crippen LogP contribution < -0.4 is 5.32 Å². The third-order valence-electron chi connectivity index (χ3n) is 4.74. The van der Waals surface area contributed by atoms with Crippen molar-refractivity contribution >= 4 is 5.91 Å². The zero-order valence-electron chi connectivity index (χ0n) is 13.1. The standard InChI is InChI=1S/C18H26N2O/c1-3-7-16-19-17(15-8-5-4-6-9-15)18(21)20(16)13(2)12-14-10-11-14/h4-6,8-9,13-14,16-17,19H,3,7,10-12H2,1-2H3. The number of nitrogens with zero attached hydrogens (tertiary/aromatic N) is 1. The molecular formula is C18H26N2O. The van der Waals surface area contributed by atoms with Crippen molar-refractivity contribution in [2.45, 2.75) is 64.2 Å². The lowest BCUT2D eigenvalue weighted by molar-refractivity contribution is -0.132. The molecule has 0 spiro atoms. The fraction of sp³-hybridized carbons (Fsp3) is 0.611. The van der Waals surface area contributed by atoms with Crippen LogP contribution in [0.25, 0.3) is 0 Å². The van der Waals surface area contributed by atoms with E-state index in [2.05, 4.69) is 24.1 Å². The van der Waals surface area contributed by atoms with Crippen LogP contribution in [0.3, 0.4) is 0 Å². The van der Waals surface area contributed by atoms with Gasteiger partial charge < -0.3 is 4.90 Å². The Labute approximate surface area is 127 Å². The predicted octanol–water partition coefficient (Wildman–Crippen LogP) is 3.47. The first-order chi connectivity index (χ1) is 10.2. The second-order valence-corrected chi connectivity index (χ2v) is 6.59. The fourth-order valence-corrected chi connectivity index (χ4v) is 3.50. The van der Waals surface area contributed by atoms with Crippen LogP contribution in [0.4, 0.5) is 0 Å². The van der Waals surface area contributed by atoms with E-state index in [1.54, 1.807) is 0 Å². The number of rotatable bonds is 6. The quantitative estimate of drug-likeness (QED) is 0.868. The summed E-state index contributed by atoms with van der Waals surface area (Å²) in [5, 5.41) is 3.56. The molecule has 1 amide bonds. The van der Waals surface area contributed by atoms with E-state index in [-0.39, 0.29) is 18.1 Å². The number of benzene rings is 1. The molecule has 0 aromatic heterocycles. The van der Waals surface area contributed by atoms with Crippen LogP contribution in [-0.4, -0.2) is 23.0 Å². The third kappa shape index (κ3) is 3.13. The summed E-state index contributed by atoms with van der Waals surface area (Å²) in [6.07, 6.45) is 6.18. The van der Waals surface area contributed by atoms with Gasteiger partial charge in [0.1, 0.15) is 6.04 Å². The van der Waals surface area contributed by atoms with Crippen LogP contribution in [0.5, 0.6) is 0 Å². The summed E-state index contributed by atoms with van der Waals surface area (Å²) in [7, 11) is 0. The monoisotopic (exact) mass is 286 g/mol. The minimum atomic E-state index is -0.163. The van der Waals surface area contributed by atoms with Crippen molar-refractivity contribution in [2.75, 3.05) is 0 Å². The van der Waals surface area contributed by atoms with Gasteiger partial charge in [0, 0.05) is 6.04 Å². The molecule has 21 heavy (non-hydrogen) atoms. The zero-order valence-corrected chi connectivity index (χ0v) is 13.1. The number of hydrogen-bond donors (Lipinski definition) is 1. The molecule has 3 rings (SSSR count). The number of amides is 1. The number of carbonyl (C=O) groups is 1. The Hall–Kier alpha value is -1.35. The topological polar surface area (TPSA) is 32.3 Å². The molecule has 3 heteroatoms. The average molecular weight is 286 g/mol. The minimum absolute atomic E-state index is 0.163. The van der Waals surface area contributed by atoms with Crippen molar-refractivity contribution in [1.29, 1.82) is 0 Å². The highest BCUT2D eigenvalue weighted by molar-refractivity contribution is 5.86. The Kier molecular flexibility index (Phi) is 4.29. The summed E-state index contributed by atoms with van der Waals surface area (Å²) in [6.45, 7) is 4.40. The van der Waals surface area contributed by atoms with Crippen molar-refractivity contribution in [1.82, 2.24) is 10.2 Å². The third-order valence-corrected chi connectivity index (χ3v) is 4.74. The number of hydrogen-bond acceptors (Lipinski definition) is 2. The molecule has 1 aliphatic carbocycles. The van der Waals surface area contributed by atoms with E-state index < -0.39 is 0 Å². The molecule has 3 atom stereocenters. The van der Waals surface area contributed by atoms with Gasteiger partial charge >= 0.3 is 0 Å². The van der Waals surface area contributed by atoms with Gasteiger partial charge in [0.25, 0.3) is 0 Å². The first-order valence-corrected chi connectivity index (χ1v) is 8.34. The highest BCUT2D eigenvalue weighted by Gasteiger charge is 2.42. The van der Waals surface area contributed by atoms with Crippen LogP contribution in [0.1, 0.15) is 57.6 Å². The maximum atomic E-state index is 12.9. The van der Waals surface area contributed by atoms with E-state index in [1.807, 2.05) is 30.3 Å². The molecule has 2 aliphatic rings. The summed E-state index contributed by atoms with van der Waals surface area (Å²) in [4.78, 5) is 15.0. The Morgan fingerprint density at radius 2 is 2.00 bits per heavy atom. The van der Waals surface area contributed by atoms with Crippen LogP contribution >= 0.6 is 0 Å². The summed E-state index contributed by atoms with van der Waals surface area (Å²) in [5.74, 6) is 1.11. The molecule has 1 saturated carbocycles. The van der Waals surface area contributed by atoms with E-state index in [0.29, 0.717) is 6.04 Å². The van der Waals surface area contributed by atoms with Crippen molar-refractivity contribution in [3.63, 3.8) is 0 Å². The van der Waals surface area contributed by atoms with Gasteiger partial charge in [-0.3, -0.25) is 10.1 Å². The van der Waals surface area contributed by atoms with Gasteiger partial charge in [0.15, 0.2) is 0 Å². The molecule has 1 heterocycles. The lowest BCUT2D eigenvalue weighted by atomic mass is 10.1. The van der Waals surface area contributed by atoms with Gasteiger partial charge in [0.2, 0.25) is 5.91 Å². The molecule has 1 N–H and O–H groups in total. The minimum Gasteiger partial charge on any atom is -0.323 e. The van der Waals surface area contributed by atoms with Crippen LogP contribution in [-0.2, 0) is 4.79 Å². The number of nitrogens with one attached hydrogen (secondary N) is 1. The highest BCUT2D eigenvalue weighted by Crippen LogP contribution is 2.37. The molecule has 1 aromatic carbocycles. The van der Waals surface area contributed by atoms with Gasteiger partial charge in [0.05, 0.1) is 6.17 Å². The van der Waals surface area contributed by atoms with Crippen molar-refractivity contribution in [2.24, 2.45) is 5.92 Å². The predicted molar refractivity (Wildman–Crippen MR) is 84.7 cm³/mol. The summed E-state index contributed by atoms with van der Waals surface area (Å²) in [6, 6.07) is 10.3. The van der Waals surface area contributed by atoms with Crippen LogP contribution in [0.2, 0.25) is 0 Å². The molecule has 0 bridgehead atoms. The first-order valence-electron chi connectivity index (χ1n) is 8.34. The molecule has 1 aliphatic heterocycles. The van der Waals surface area contributed by atoms with Crippen LogP contribution in [0, 0.1) is 5.92 Å². The lowest BCUT2D eigenvalue weighted by Crippen LogP contribution is -2.43. The highest BCUT2D eigenvalue weighted by atomic mass is 16.2. The Bertz CT molecular complexity index is 483. The Morgan fingerprint density at radius 3 is 2.62 bits per heavy atom. The van der Waals surface area contributed by atoms with Crippen LogP contribution in [0.15, 0.2) is 30.3 Å². The molecule has 1 aromatic rings. The van der Waals surface area contributed by atoms with Crippen molar-refractivity contribution in [3.8, 4) is 0 Å². The maximum Gasteiger partial charge on any atom is 0.245 e. The summed E-state index contributed by atoms with van der Waals surface area (Å²) < 4.78 is 0. The normalized spacial score (nSPS) is 27.1. The van der Waals surface area contributed by atoms with Gasteiger partial charge in [-0.2, -0.15) is 0 Å². The maximum absolute atomic E-state index is 12.9. The molecule has 114 valence electrons. The molecule has 3 nitrogen and oxygen atoms in total. The van der Waals surface area contributed by atoms with Gasteiger partial charge in [-0.05, 0) is 31.2 Å². The Morgan fingerprint density at radius 1 is 1.29 bits per heavy atom. The molecular weight excluding hydrogens is 260 g/mol. The zero-order chi connectivity index (χ0) is 14.8. The summed E-state index contributed by atoms with van der Waals surface area (Å²) in [5.41, 5.74) is 1.09. The van der Waals surface area contributed by atoms with E-state index in [4.69, 9.17) is 0 Å². The smallest absolute Gasteiger partial charge is 0.245 e. The molecule has 2 fully saturated rings. The van der Waals surface area contributed by atoms with E-state index in [9.17, 15) is 4.79 Å². The van der Waals surface area contributed by atoms with E-state index in [1.165, 1.54) is 12.8 Å². The van der Waals surface area contributed by atoms with E-state index >= 15 is 0 Å². The molecule has 3 unspecified atom stereocenters. The second-order valence-electron chi connectivity index (χ2n) is 6.59.